The second-order valence-corrected chi connectivity index (χ2v) is 6.92. The summed E-state index contributed by atoms with van der Waals surface area (Å²) in [6.45, 7) is 2.03. The molecule has 0 unspecified atom stereocenters. The van der Waals surface area contributed by atoms with E-state index in [9.17, 15) is 4.79 Å². The van der Waals surface area contributed by atoms with Crippen LogP contribution in [0.2, 0.25) is 0 Å². The van der Waals surface area contributed by atoms with Crippen LogP contribution in [-0.2, 0) is 0 Å². The molecule has 0 saturated carbocycles. The number of rotatable bonds is 3. The molecule has 25 heavy (non-hydrogen) atoms. The highest BCUT2D eigenvalue weighted by molar-refractivity contribution is 9.10. The second-order valence-electron chi connectivity index (χ2n) is 6.00. The van der Waals surface area contributed by atoms with Crippen molar-refractivity contribution in [2.24, 2.45) is 0 Å². The van der Waals surface area contributed by atoms with Crippen LogP contribution in [-0.4, -0.2) is 10.9 Å². The molecular formula is C20H16BrN3O. The van der Waals surface area contributed by atoms with E-state index in [0.29, 0.717) is 5.56 Å². The minimum atomic E-state index is -0.340. The van der Waals surface area contributed by atoms with Gasteiger partial charge in [-0.2, -0.15) is 0 Å². The second kappa shape index (κ2) is 6.33. The summed E-state index contributed by atoms with van der Waals surface area (Å²) in [6, 6.07) is 19.5. The summed E-state index contributed by atoms with van der Waals surface area (Å²) < 4.78 is 1.01. The van der Waals surface area contributed by atoms with Crippen LogP contribution in [0.4, 0.5) is 11.4 Å². The molecular weight excluding hydrogens is 378 g/mol. The van der Waals surface area contributed by atoms with Gasteiger partial charge in [0.05, 0.1) is 11.3 Å². The molecule has 1 aliphatic heterocycles. The molecule has 3 aromatic rings. The Balaban J connectivity index is 1.77. The van der Waals surface area contributed by atoms with E-state index < -0.39 is 0 Å². The molecule has 2 aromatic carbocycles. The molecule has 1 aliphatic rings. The van der Waals surface area contributed by atoms with Gasteiger partial charge in [-0.1, -0.05) is 33.6 Å². The number of fused-ring (bicyclic) bond motifs is 1. The Morgan fingerprint density at radius 3 is 2.48 bits per heavy atom. The average Bonchev–Trinajstić information content (AvgIpc) is 2.90. The number of hydrogen-bond acceptors (Lipinski definition) is 3. The summed E-state index contributed by atoms with van der Waals surface area (Å²) in [5.41, 5.74) is 4.32. The Kier molecular flexibility index (Phi) is 4.01. The standard InChI is InChI=1S/C20H16BrN3O/c1-13-4-10-16(11-5-13)24-19(23-15-8-6-14(21)7-9-15)18-17(20(24)25)3-2-12-22-18/h2-12,19,23H,1H3/t19-/m0/s1. The zero-order chi connectivity index (χ0) is 17.4. The van der Waals surface area contributed by atoms with E-state index in [-0.39, 0.29) is 12.1 Å². The van der Waals surface area contributed by atoms with E-state index in [4.69, 9.17) is 0 Å². The summed E-state index contributed by atoms with van der Waals surface area (Å²) in [7, 11) is 0. The van der Waals surface area contributed by atoms with Gasteiger partial charge in [-0.25, -0.2) is 0 Å². The molecule has 4 nitrogen and oxygen atoms in total. The lowest BCUT2D eigenvalue weighted by Gasteiger charge is -2.26. The van der Waals surface area contributed by atoms with Gasteiger partial charge in [0.2, 0.25) is 0 Å². The van der Waals surface area contributed by atoms with Crippen molar-refractivity contribution in [1.82, 2.24) is 4.98 Å². The molecule has 1 amide bonds. The van der Waals surface area contributed by atoms with E-state index in [1.54, 1.807) is 17.2 Å². The molecule has 0 radical (unpaired) electrons. The first kappa shape index (κ1) is 15.8. The molecule has 5 heteroatoms. The van der Waals surface area contributed by atoms with Crippen molar-refractivity contribution in [3.63, 3.8) is 0 Å². The maximum atomic E-state index is 13.0. The average molecular weight is 394 g/mol. The Labute approximate surface area is 154 Å². The Bertz CT molecular complexity index is 922. The Morgan fingerprint density at radius 2 is 1.76 bits per heavy atom. The van der Waals surface area contributed by atoms with Crippen molar-refractivity contribution in [3.8, 4) is 0 Å². The summed E-state index contributed by atoms with van der Waals surface area (Å²) in [4.78, 5) is 19.2. The van der Waals surface area contributed by atoms with Crippen LogP contribution in [0.25, 0.3) is 0 Å². The fraction of sp³-hybridized carbons (Fsp3) is 0.100. The summed E-state index contributed by atoms with van der Waals surface area (Å²) >= 11 is 3.44. The van der Waals surface area contributed by atoms with E-state index in [0.717, 1.165) is 27.1 Å². The lowest BCUT2D eigenvalue weighted by atomic mass is 10.2. The van der Waals surface area contributed by atoms with Crippen LogP contribution >= 0.6 is 15.9 Å². The van der Waals surface area contributed by atoms with Gasteiger partial charge in [0.15, 0.2) is 6.17 Å². The van der Waals surface area contributed by atoms with Gasteiger partial charge in [-0.05, 0) is 55.5 Å². The molecule has 0 aliphatic carbocycles. The van der Waals surface area contributed by atoms with Crippen LogP contribution in [0.3, 0.4) is 0 Å². The first-order chi connectivity index (χ1) is 12.1. The SMILES string of the molecule is Cc1ccc(N2C(=O)c3cccnc3[C@H]2Nc2ccc(Br)cc2)cc1. The van der Waals surface area contributed by atoms with Crippen molar-refractivity contribution >= 4 is 33.2 Å². The van der Waals surface area contributed by atoms with Crippen molar-refractivity contribution in [2.75, 3.05) is 10.2 Å². The summed E-state index contributed by atoms with van der Waals surface area (Å²) in [6.07, 6.45) is 1.38. The normalized spacial score (nSPS) is 16.0. The van der Waals surface area contributed by atoms with Crippen LogP contribution in [0, 0.1) is 6.92 Å². The Morgan fingerprint density at radius 1 is 1.04 bits per heavy atom. The number of benzene rings is 2. The first-order valence-electron chi connectivity index (χ1n) is 8.01. The molecule has 1 N–H and O–H groups in total. The number of hydrogen-bond donors (Lipinski definition) is 1. The first-order valence-corrected chi connectivity index (χ1v) is 8.80. The molecule has 0 saturated heterocycles. The van der Waals surface area contributed by atoms with Crippen molar-refractivity contribution in [3.05, 3.63) is 88.2 Å². The summed E-state index contributed by atoms with van der Waals surface area (Å²) in [5, 5.41) is 3.44. The van der Waals surface area contributed by atoms with Crippen molar-refractivity contribution < 1.29 is 4.79 Å². The van der Waals surface area contributed by atoms with Gasteiger partial charge in [0.1, 0.15) is 0 Å². The number of carbonyl (C=O) groups excluding carboxylic acids is 1. The van der Waals surface area contributed by atoms with Gasteiger partial charge >= 0.3 is 0 Å². The minimum absolute atomic E-state index is 0.0402. The fourth-order valence-electron chi connectivity index (χ4n) is 2.99. The fourth-order valence-corrected chi connectivity index (χ4v) is 3.26. The molecule has 124 valence electrons. The number of pyridine rings is 1. The third kappa shape index (κ3) is 2.91. The van der Waals surface area contributed by atoms with Gasteiger partial charge in [0.25, 0.3) is 5.91 Å². The smallest absolute Gasteiger partial charge is 0.262 e. The van der Waals surface area contributed by atoms with E-state index in [1.165, 1.54) is 0 Å². The number of nitrogens with zero attached hydrogens (tertiary/aromatic N) is 2. The maximum absolute atomic E-state index is 13.0. The number of nitrogens with one attached hydrogen (secondary N) is 1. The van der Waals surface area contributed by atoms with E-state index in [2.05, 4.69) is 26.2 Å². The molecule has 0 fully saturated rings. The summed E-state index contributed by atoms with van der Waals surface area (Å²) in [5.74, 6) is -0.0402. The van der Waals surface area contributed by atoms with Crippen LogP contribution in [0.1, 0.15) is 27.8 Å². The highest BCUT2D eigenvalue weighted by Gasteiger charge is 2.38. The number of aromatic nitrogens is 1. The molecule has 1 aromatic heterocycles. The molecule has 1 atom stereocenters. The maximum Gasteiger partial charge on any atom is 0.262 e. The van der Waals surface area contributed by atoms with E-state index >= 15 is 0 Å². The molecule has 0 spiro atoms. The number of anilines is 2. The van der Waals surface area contributed by atoms with Crippen LogP contribution in [0.15, 0.2) is 71.3 Å². The number of aryl methyl sites for hydroxylation is 1. The quantitative estimate of drug-likeness (QED) is 0.686. The minimum Gasteiger partial charge on any atom is -0.360 e. The zero-order valence-electron chi connectivity index (χ0n) is 13.6. The van der Waals surface area contributed by atoms with Crippen LogP contribution < -0.4 is 10.2 Å². The predicted molar refractivity (Wildman–Crippen MR) is 103 cm³/mol. The molecule has 0 bridgehead atoms. The van der Waals surface area contributed by atoms with Gasteiger partial charge in [0, 0.05) is 22.0 Å². The third-order valence-electron chi connectivity index (χ3n) is 4.26. The highest BCUT2D eigenvalue weighted by Crippen LogP contribution is 2.37. The third-order valence-corrected chi connectivity index (χ3v) is 4.79. The number of carbonyl (C=O) groups is 1. The largest absolute Gasteiger partial charge is 0.360 e. The predicted octanol–water partition coefficient (Wildman–Crippen LogP) is 4.92. The van der Waals surface area contributed by atoms with Gasteiger partial charge < -0.3 is 5.32 Å². The van der Waals surface area contributed by atoms with E-state index in [1.807, 2.05) is 61.5 Å². The Hall–Kier alpha value is -2.66. The topological polar surface area (TPSA) is 45.2 Å². The van der Waals surface area contributed by atoms with Gasteiger partial charge in [-0.3, -0.25) is 14.7 Å². The zero-order valence-corrected chi connectivity index (χ0v) is 15.2. The van der Waals surface area contributed by atoms with Crippen molar-refractivity contribution in [2.45, 2.75) is 13.1 Å². The lowest BCUT2D eigenvalue weighted by molar-refractivity contribution is 0.0993. The number of amides is 1. The molecule has 2 heterocycles. The van der Waals surface area contributed by atoms with Crippen molar-refractivity contribution in [1.29, 1.82) is 0 Å². The monoisotopic (exact) mass is 393 g/mol. The molecule has 4 rings (SSSR count). The highest BCUT2D eigenvalue weighted by atomic mass is 79.9. The number of halogens is 1. The van der Waals surface area contributed by atoms with Gasteiger partial charge in [-0.15, -0.1) is 0 Å². The lowest BCUT2D eigenvalue weighted by Crippen LogP contribution is -2.32. The van der Waals surface area contributed by atoms with Crippen LogP contribution in [0.5, 0.6) is 0 Å².